The van der Waals surface area contributed by atoms with Gasteiger partial charge in [-0.25, -0.2) is 0 Å². The maximum absolute atomic E-state index is 6.68. The van der Waals surface area contributed by atoms with Crippen molar-refractivity contribution in [3.63, 3.8) is 0 Å². The van der Waals surface area contributed by atoms with Gasteiger partial charge in [-0.1, -0.05) is 20.8 Å². The summed E-state index contributed by atoms with van der Waals surface area (Å²) in [5, 5.41) is 0. The van der Waals surface area contributed by atoms with Crippen molar-refractivity contribution in [2.24, 2.45) is 5.41 Å². The number of hydrogen-bond acceptors (Lipinski definition) is 5. The Morgan fingerprint density at radius 2 is 0.839 bits per heavy atom. The van der Waals surface area contributed by atoms with Crippen molar-refractivity contribution in [2.75, 3.05) is 0 Å². The summed E-state index contributed by atoms with van der Waals surface area (Å²) in [5.74, 6) is 0. The smallest absolute Gasteiger partial charge is 0.187 e. The predicted molar refractivity (Wildman–Crippen MR) is 127 cm³/mol. The molecule has 186 valence electrons. The Bertz CT molecular complexity index is 509. The van der Waals surface area contributed by atoms with Gasteiger partial charge in [0.25, 0.3) is 0 Å². The van der Waals surface area contributed by atoms with Crippen molar-refractivity contribution in [3.05, 3.63) is 0 Å². The quantitative estimate of drug-likeness (QED) is 0.483. The Morgan fingerprint density at radius 1 is 0.484 bits per heavy atom. The molecule has 5 atom stereocenters. The summed E-state index contributed by atoms with van der Waals surface area (Å²) in [6, 6.07) is 0. The Balaban J connectivity index is 3.54. The van der Waals surface area contributed by atoms with E-state index in [0.29, 0.717) is 0 Å². The molecule has 0 aliphatic carbocycles. The van der Waals surface area contributed by atoms with Crippen molar-refractivity contribution < 1.29 is 23.7 Å². The van der Waals surface area contributed by atoms with Crippen LogP contribution in [0.2, 0.25) is 0 Å². The summed E-state index contributed by atoms with van der Waals surface area (Å²) in [6.07, 6.45) is -0.971. The lowest BCUT2D eigenvalue weighted by Crippen LogP contribution is -2.65. The number of hydrogen-bond donors (Lipinski definition) is 0. The van der Waals surface area contributed by atoms with E-state index in [1.165, 1.54) is 0 Å². The topological polar surface area (TPSA) is 46.2 Å². The van der Waals surface area contributed by atoms with Crippen LogP contribution in [0.5, 0.6) is 0 Å². The predicted octanol–water partition coefficient (Wildman–Crippen LogP) is 6.51. The number of ether oxygens (including phenoxy) is 5. The van der Waals surface area contributed by atoms with E-state index in [-0.39, 0.29) is 40.5 Å². The van der Waals surface area contributed by atoms with Crippen LogP contribution in [0.1, 0.15) is 110 Å². The maximum atomic E-state index is 6.68. The molecule has 0 radical (unpaired) electrons. The highest BCUT2D eigenvalue weighted by Crippen LogP contribution is 2.39. The monoisotopic (exact) mass is 444 g/mol. The molecule has 0 aromatic carbocycles. The molecule has 1 saturated heterocycles. The Labute approximate surface area is 192 Å². The van der Waals surface area contributed by atoms with Crippen LogP contribution >= 0.6 is 0 Å². The molecular formula is C26H52O5. The van der Waals surface area contributed by atoms with Gasteiger partial charge in [-0.2, -0.15) is 0 Å². The SMILES string of the molecule is CC(C)(C)CC1OC(OC(C)(C)C)C(OC(C)(C)C)C(OC(C)(C)C)C1OC(C)(C)C. The van der Waals surface area contributed by atoms with Crippen molar-refractivity contribution in [3.8, 4) is 0 Å². The Morgan fingerprint density at radius 3 is 1.19 bits per heavy atom. The van der Waals surface area contributed by atoms with Crippen LogP contribution in [0, 0.1) is 5.41 Å². The molecule has 0 N–H and O–H groups in total. The fraction of sp³-hybridized carbons (Fsp3) is 1.00. The molecule has 5 heteroatoms. The van der Waals surface area contributed by atoms with Gasteiger partial charge in [-0.05, 0) is 94.9 Å². The largest absolute Gasteiger partial charge is 0.367 e. The minimum atomic E-state index is -0.557. The van der Waals surface area contributed by atoms with Crippen LogP contribution in [-0.4, -0.2) is 53.1 Å². The van der Waals surface area contributed by atoms with Gasteiger partial charge in [0.15, 0.2) is 6.29 Å². The number of rotatable bonds is 5. The van der Waals surface area contributed by atoms with Crippen molar-refractivity contribution in [1.29, 1.82) is 0 Å². The van der Waals surface area contributed by atoms with E-state index >= 15 is 0 Å². The molecule has 1 heterocycles. The van der Waals surface area contributed by atoms with Crippen molar-refractivity contribution in [2.45, 2.75) is 163 Å². The highest BCUT2D eigenvalue weighted by atomic mass is 16.7. The van der Waals surface area contributed by atoms with Gasteiger partial charge in [0.1, 0.15) is 18.3 Å². The Kier molecular flexibility index (Phi) is 8.91. The summed E-state index contributed by atoms with van der Waals surface area (Å²) in [5.41, 5.74) is -1.45. The molecule has 0 bridgehead atoms. The minimum Gasteiger partial charge on any atom is -0.367 e. The summed E-state index contributed by atoms with van der Waals surface area (Å²) < 4.78 is 32.9. The van der Waals surface area contributed by atoms with Crippen LogP contribution in [0.4, 0.5) is 0 Å². The third kappa shape index (κ3) is 11.5. The zero-order valence-corrected chi connectivity index (χ0v) is 23.1. The van der Waals surface area contributed by atoms with Crippen LogP contribution in [0.3, 0.4) is 0 Å². The molecular weight excluding hydrogens is 392 g/mol. The summed E-state index contributed by atoms with van der Waals surface area (Å²) in [6.45, 7) is 31.4. The third-order valence-electron chi connectivity index (χ3n) is 4.34. The van der Waals surface area contributed by atoms with E-state index in [4.69, 9.17) is 23.7 Å². The van der Waals surface area contributed by atoms with E-state index in [1.807, 2.05) is 20.8 Å². The van der Waals surface area contributed by atoms with Crippen molar-refractivity contribution in [1.82, 2.24) is 0 Å². The van der Waals surface area contributed by atoms with Crippen LogP contribution in [-0.2, 0) is 23.7 Å². The van der Waals surface area contributed by atoms with Crippen LogP contribution in [0.25, 0.3) is 0 Å². The lowest BCUT2D eigenvalue weighted by atomic mass is 9.83. The molecule has 0 aromatic heterocycles. The first-order valence-electron chi connectivity index (χ1n) is 11.8. The fourth-order valence-electron chi connectivity index (χ4n) is 3.72. The van der Waals surface area contributed by atoms with E-state index in [9.17, 15) is 0 Å². The molecule has 31 heavy (non-hydrogen) atoms. The fourth-order valence-corrected chi connectivity index (χ4v) is 3.72. The molecule has 1 rings (SSSR count). The molecule has 0 aromatic rings. The molecule has 5 unspecified atom stereocenters. The van der Waals surface area contributed by atoms with Crippen LogP contribution in [0.15, 0.2) is 0 Å². The summed E-state index contributed by atoms with van der Waals surface area (Å²) in [7, 11) is 0. The van der Waals surface area contributed by atoms with E-state index in [1.54, 1.807) is 0 Å². The first kappa shape index (κ1) is 28.8. The average molecular weight is 445 g/mol. The third-order valence-corrected chi connectivity index (χ3v) is 4.34. The van der Waals surface area contributed by atoms with Gasteiger partial charge < -0.3 is 23.7 Å². The van der Waals surface area contributed by atoms with Gasteiger partial charge >= 0.3 is 0 Å². The standard InChI is InChI=1S/C26H52O5/c1-22(2,3)16-17-18(28-23(4,5)6)19(29-24(7,8)9)20(30-25(10,11)12)21(27-17)31-26(13,14)15/h17-21H,16H2,1-15H3. The second-order valence-electron chi connectivity index (χ2n) is 14.1. The van der Waals surface area contributed by atoms with Gasteiger partial charge in [-0.3, -0.25) is 0 Å². The zero-order chi connectivity index (χ0) is 24.6. The second kappa shape index (κ2) is 9.58. The van der Waals surface area contributed by atoms with Crippen molar-refractivity contribution >= 4 is 0 Å². The van der Waals surface area contributed by atoms with E-state index in [0.717, 1.165) is 6.42 Å². The van der Waals surface area contributed by atoms with Gasteiger partial charge in [0.2, 0.25) is 0 Å². The molecule has 0 amide bonds. The summed E-state index contributed by atoms with van der Waals surface area (Å²) in [4.78, 5) is 0. The van der Waals surface area contributed by atoms with Gasteiger partial charge in [0, 0.05) is 0 Å². The second-order valence-corrected chi connectivity index (χ2v) is 14.1. The lowest BCUT2D eigenvalue weighted by molar-refractivity contribution is -0.362. The molecule has 5 nitrogen and oxygen atoms in total. The van der Waals surface area contributed by atoms with E-state index in [2.05, 4.69) is 83.1 Å². The molecule has 1 fully saturated rings. The van der Waals surface area contributed by atoms with Gasteiger partial charge in [-0.15, -0.1) is 0 Å². The molecule has 0 saturated carbocycles. The minimum absolute atomic E-state index is 0.0560. The van der Waals surface area contributed by atoms with Gasteiger partial charge in [0.05, 0.1) is 28.5 Å². The zero-order valence-electron chi connectivity index (χ0n) is 23.1. The normalized spacial score (nSPS) is 29.3. The molecule has 1 aliphatic rings. The summed E-state index contributed by atoms with van der Waals surface area (Å²) >= 11 is 0. The van der Waals surface area contributed by atoms with Crippen LogP contribution < -0.4 is 0 Å². The first-order chi connectivity index (χ1) is 13.5. The average Bonchev–Trinajstić information content (AvgIpc) is 2.39. The lowest BCUT2D eigenvalue weighted by Gasteiger charge is -2.52. The Hall–Kier alpha value is -0.200. The molecule has 1 aliphatic heterocycles. The first-order valence-corrected chi connectivity index (χ1v) is 11.8. The molecule has 0 spiro atoms. The highest BCUT2D eigenvalue weighted by Gasteiger charge is 2.53. The highest BCUT2D eigenvalue weighted by molar-refractivity contribution is 4.97. The maximum Gasteiger partial charge on any atom is 0.187 e. The van der Waals surface area contributed by atoms with E-state index < -0.39 is 18.0 Å².